The van der Waals surface area contributed by atoms with Gasteiger partial charge in [0.25, 0.3) is 5.82 Å². The van der Waals surface area contributed by atoms with Crippen LogP contribution in [0.25, 0.3) is 10.2 Å². The minimum absolute atomic E-state index is 0.0393. The molecule has 0 aliphatic heterocycles. The first kappa shape index (κ1) is 18.2. The van der Waals surface area contributed by atoms with E-state index in [-0.39, 0.29) is 17.3 Å². The number of carbonyl (C=O) groups is 1. The SMILES string of the molecule is Cc1ccccc1N(C(=O)c1nnn(C(C)(C)C)n1)c1nc2ccccc2s1. The number of para-hydroxylation sites is 2. The fraction of sp³-hybridized carbons (Fsp3) is 0.250. The molecule has 0 aliphatic rings. The highest BCUT2D eigenvalue weighted by molar-refractivity contribution is 7.22. The van der Waals surface area contributed by atoms with Crippen molar-refractivity contribution in [1.82, 2.24) is 25.2 Å². The average Bonchev–Trinajstić information content (AvgIpc) is 3.30. The molecule has 0 N–H and O–H groups in total. The van der Waals surface area contributed by atoms with Crippen LogP contribution in [0.1, 0.15) is 37.0 Å². The highest BCUT2D eigenvalue weighted by Crippen LogP contribution is 2.35. The van der Waals surface area contributed by atoms with E-state index in [1.165, 1.54) is 16.1 Å². The van der Waals surface area contributed by atoms with E-state index >= 15 is 0 Å². The van der Waals surface area contributed by atoms with Gasteiger partial charge in [-0.05, 0) is 56.7 Å². The number of aryl methyl sites for hydroxylation is 1. The van der Waals surface area contributed by atoms with Gasteiger partial charge >= 0.3 is 5.91 Å². The molecule has 142 valence electrons. The van der Waals surface area contributed by atoms with Gasteiger partial charge in [0.2, 0.25) is 0 Å². The van der Waals surface area contributed by atoms with Gasteiger partial charge in [0, 0.05) is 0 Å². The average molecular weight is 392 g/mol. The van der Waals surface area contributed by atoms with Gasteiger partial charge in [-0.3, -0.25) is 4.79 Å². The van der Waals surface area contributed by atoms with Crippen molar-refractivity contribution >= 4 is 38.3 Å². The topological polar surface area (TPSA) is 76.8 Å². The van der Waals surface area contributed by atoms with Crippen molar-refractivity contribution in [2.75, 3.05) is 4.90 Å². The van der Waals surface area contributed by atoms with Gasteiger partial charge < -0.3 is 0 Å². The summed E-state index contributed by atoms with van der Waals surface area (Å²) >= 11 is 1.46. The summed E-state index contributed by atoms with van der Waals surface area (Å²) in [6.07, 6.45) is 0. The first-order valence-electron chi connectivity index (χ1n) is 8.91. The summed E-state index contributed by atoms with van der Waals surface area (Å²) in [5, 5.41) is 13.0. The van der Waals surface area contributed by atoms with Gasteiger partial charge in [0.05, 0.1) is 21.4 Å². The Morgan fingerprint density at radius 2 is 1.79 bits per heavy atom. The number of thiazole rings is 1. The van der Waals surface area contributed by atoms with Crippen molar-refractivity contribution in [2.45, 2.75) is 33.2 Å². The molecule has 0 saturated heterocycles. The van der Waals surface area contributed by atoms with E-state index in [1.54, 1.807) is 4.90 Å². The molecule has 0 fully saturated rings. The van der Waals surface area contributed by atoms with E-state index < -0.39 is 0 Å². The molecule has 0 atom stereocenters. The van der Waals surface area contributed by atoms with Crippen LogP contribution in [0.15, 0.2) is 48.5 Å². The van der Waals surface area contributed by atoms with Gasteiger partial charge in [-0.25, -0.2) is 9.88 Å². The fourth-order valence-corrected chi connectivity index (χ4v) is 3.73. The lowest BCUT2D eigenvalue weighted by Gasteiger charge is -2.20. The second-order valence-electron chi connectivity index (χ2n) is 7.46. The summed E-state index contributed by atoms with van der Waals surface area (Å²) in [5.41, 5.74) is 2.19. The van der Waals surface area contributed by atoms with Crippen molar-refractivity contribution in [3.8, 4) is 0 Å². The number of fused-ring (bicyclic) bond motifs is 1. The van der Waals surface area contributed by atoms with E-state index in [1.807, 2.05) is 76.2 Å². The standard InChI is InChI=1S/C20H20N6OS/c1-13-9-5-7-11-15(13)25(19-21-14-10-6-8-12-16(14)28-19)18(27)17-22-24-26(23-17)20(2,3)4/h5-12H,1-4H3. The largest absolute Gasteiger partial charge is 0.306 e. The van der Waals surface area contributed by atoms with Crippen LogP contribution < -0.4 is 4.90 Å². The summed E-state index contributed by atoms with van der Waals surface area (Å²) in [4.78, 5) is 21.1. The number of nitrogens with zero attached hydrogens (tertiary/aromatic N) is 6. The van der Waals surface area contributed by atoms with E-state index in [9.17, 15) is 4.79 Å². The number of carbonyl (C=O) groups excluding carboxylic acids is 1. The van der Waals surface area contributed by atoms with Crippen LogP contribution in [0.4, 0.5) is 10.8 Å². The highest BCUT2D eigenvalue weighted by Gasteiger charge is 2.29. The Labute approximate surface area is 166 Å². The molecule has 2 aromatic heterocycles. The summed E-state index contributed by atoms with van der Waals surface area (Å²) in [6.45, 7) is 7.82. The van der Waals surface area contributed by atoms with Crippen molar-refractivity contribution in [3.05, 3.63) is 59.9 Å². The molecule has 4 rings (SSSR count). The number of tetrazole rings is 1. The number of anilines is 2. The molecule has 2 heterocycles. The van der Waals surface area contributed by atoms with Gasteiger partial charge in [-0.1, -0.05) is 41.7 Å². The minimum atomic E-state index is -0.366. The third kappa shape index (κ3) is 3.27. The zero-order valence-electron chi connectivity index (χ0n) is 16.1. The summed E-state index contributed by atoms with van der Waals surface area (Å²) in [5.74, 6) is -0.318. The smallest absolute Gasteiger partial charge is 0.264 e. The molecule has 0 saturated carbocycles. The second-order valence-corrected chi connectivity index (χ2v) is 8.47. The maximum absolute atomic E-state index is 13.4. The first-order valence-corrected chi connectivity index (χ1v) is 9.72. The number of hydrogen-bond acceptors (Lipinski definition) is 6. The molecule has 0 bridgehead atoms. The van der Waals surface area contributed by atoms with E-state index in [2.05, 4.69) is 20.4 Å². The Bertz CT molecular complexity index is 1120. The zero-order valence-corrected chi connectivity index (χ0v) is 16.9. The molecule has 0 radical (unpaired) electrons. The monoisotopic (exact) mass is 392 g/mol. The Kier molecular flexibility index (Phi) is 4.43. The predicted octanol–water partition coefficient (Wildman–Crippen LogP) is 4.32. The third-order valence-electron chi connectivity index (χ3n) is 4.24. The quantitative estimate of drug-likeness (QED) is 0.519. The van der Waals surface area contributed by atoms with Crippen LogP contribution >= 0.6 is 11.3 Å². The van der Waals surface area contributed by atoms with Crippen molar-refractivity contribution in [3.63, 3.8) is 0 Å². The summed E-state index contributed by atoms with van der Waals surface area (Å²) in [6, 6.07) is 15.5. The molecule has 28 heavy (non-hydrogen) atoms. The Morgan fingerprint density at radius 3 is 2.46 bits per heavy atom. The molecule has 4 aromatic rings. The van der Waals surface area contributed by atoms with Crippen LogP contribution in [-0.2, 0) is 5.54 Å². The second kappa shape index (κ2) is 6.79. The van der Waals surface area contributed by atoms with E-state index in [0.717, 1.165) is 21.5 Å². The van der Waals surface area contributed by atoms with Gasteiger partial charge in [-0.2, -0.15) is 4.80 Å². The van der Waals surface area contributed by atoms with Gasteiger partial charge in [-0.15, -0.1) is 10.2 Å². The molecule has 1 amide bonds. The number of hydrogen-bond donors (Lipinski definition) is 0. The lowest BCUT2D eigenvalue weighted by molar-refractivity contribution is 0.0988. The van der Waals surface area contributed by atoms with E-state index in [0.29, 0.717) is 5.13 Å². The van der Waals surface area contributed by atoms with Crippen LogP contribution in [-0.4, -0.2) is 31.1 Å². The lowest BCUT2D eigenvalue weighted by Crippen LogP contribution is -2.29. The number of aromatic nitrogens is 5. The molecule has 0 spiro atoms. The number of rotatable bonds is 3. The molecule has 0 aliphatic carbocycles. The molecule has 7 nitrogen and oxygen atoms in total. The van der Waals surface area contributed by atoms with Crippen LogP contribution in [0, 0.1) is 6.92 Å². The highest BCUT2D eigenvalue weighted by atomic mass is 32.1. The molecule has 2 aromatic carbocycles. The maximum Gasteiger partial charge on any atom is 0.306 e. The fourth-order valence-electron chi connectivity index (χ4n) is 2.75. The van der Waals surface area contributed by atoms with Crippen LogP contribution in [0.2, 0.25) is 0 Å². The zero-order chi connectivity index (χ0) is 19.9. The normalized spacial score (nSPS) is 11.7. The Hall–Kier alpha value is -3.13. The van der Waals surface area contributed by atoms with Gasteiger partial charge in [0.15, 0.2) is 5.13 Å². The Morgan fingerprint density at radius 1 is 1.07 bits per heavy atom. The van der Waals surface area contributed by atoms with E-state index in [4.69, 9.17) is 0 Å². The number of amides is 1. The van der Waals surface area contributed by atoms with Crippen LogP contribution in [0.5, 0.6) is 0 Å². The molecule has 0 unspecified atom stereocenters. The lowest BCUT2D eigenvalue weighted by atomic mass is 10.1. The van der Waals surface area contributed by atoms with Crippen molar-refractivity contribution in [1.29, 1.82) is 0 Å². The summed E-state index contributed by atoms with van der Waals surface area (Å²) in [7, 11) is 0. The van der Waals surface area contributed by atoms with Crippen molar-refractivity contribution in [2.24, 2.45) is 0 Å². The predicted molar refractivity (Wildman–Crippen MR) is 110 cm³/mol. The Balaban J connectivity index is 1.84. The third-order valence-corrected chi connectivity index (χ3v) is 5.26. The molecular weight excluding hydrogens is 372 g/mol. The minimum Gasteiger partial charge on any atom is -0.264 e. The maximum atomic E-state index is 13.4. The van der Waals surface area contributed by atoms with Crippen LogP contribution in [0.3, 0.4) is 0 Å². The number of benzene rings is 2. The first-order chi connectivity index (χ1) is 13.3. The molecule has 8 heteroatoms. The van der Waals surface area contributed by atoms with Gasteiger partial charge in [0.1, 0.15) is 0 Å². The summed E-state index contributed by atoms with van der Waals surface area (Å²) < 4.78 is 1.01. The van der Waals surface area contributed by atoms with Crippen molar-refractivity contribution < 1.29 is 4.79 Å². The molecular formula is C20H20N6OS.